The van der Waals surface area contributed by atoms with Crippen LogP contribution in [0.1, 0.15) is 42.6 Å². The molecule has 0 bridgehead atoms. The average Bonchev–Trinajstić information content (AvgIpc) is 2.48. The lowest BCUT2D eigenvalue weighted by molar-refractivity contribution is -0.114. The summed E-state index contributed by atoms with van der Waals surface area (Å²) in [5.74, 6) is 0.124. The maximum atomic E-state index is 12.8. The Balaban J connectivity index is 2.20. The summed E-state index contributed by atoms with van der Waals surface area (Å²) in [4.78, 5) is 25.9. The smallest absolute Gasteiger partial charge is 0.254 e. The lowest BCUT2D eigenvalue weighted by Crippen LogP contribution is -2.45. The van der Waals surface area contributed by atoms with E-state index in [2.05, 4.69) is 5.32 Å². The Morgan fingerprint density at radius 3 is 2.73 bits per heavy atom. The van der Waals surface area contributed by atoms with E-state index in [1.165, 1.54) is 6.92 Å². The highest BCUT2D eigenvalue weighted by atomic mass is 16.3. The summed E-state index contributed by atoms with van der Waals surface area (Å²) in [5, 5.41) is 12.0. The number of nitrogens with one attached hydrogen (secondary N) is 1. The van der Waals surface area contributed by atoms with Gasteiger partial charge < -0.3 is 15.3 Å². The quantitative estimate of drug-likeness (QED) is 0.899. The van der Waals surface area contributed by atoms with Crippen LogP contribution in [0.4, 0.5) is 5.69 Å². The fraction of sp³-hybridized carbons (Fsp3) is 0.529. The minimum absolute atomic E-state index is 0.00593. The predicted molar refractivity (Wildman–Crippen MR) is 85.8 cm³/mol. The first kappa shape index (κ1) is 16.5. The Labute approximate surface area is 131 Å². The molecular formula is C17H24N2O3. The summed E-state index contributed by atoms with van der Waals surface area (Å²) in [5.41, 5.74) is 2.16. The van der Waals surface area contributed by atoms with E-state index in [1.54, 1.807) is 12.1 Å². The van der Waals surface area contributed by atoms with Crippen LogP contribution in [0.5, 0.6) is 0 Å². The molecule has 0 aliphatic carbocycles. The molecule has 1 fully saturated rings. The van der Waals surface area contributed by atoms with E-state index in [4.69, 9.17) is 0 Å². The monoisotopic (exact) mass is 304 g/mol. The molecule has 0 unspecified atom stereocenters. The van der Waals surface area contributed by atoms with Crippen molar-refractivity contribution in [3.05, 3.63) is 29.3 Å². The fourth-order valence-corrected chi connectivity index (χ4v) is 3.03. The van der Waals surface area contributed by atoms with Crippen molar-refractivity contribution < 1.29 is 14.7 Å². The number of carbonyl (C=O) groups is 2. The molecule has 120 valence electrons. The standard InChI is InChI=1S/C17H24N2O3/c1-11-4-5-15(18-13(3)21)9-16(11)17(22)19-7-6-14(10-20)8-12(19)2/h4-5,9,12,14,20H,6-8,10H2,1-3H3,(H,18,21)/t12-,14-/m0/s1. The normalized spacial score (nSPS) is 21.5. The molecule has 1 aromatic carbocycles. The Morgan fingerprint density at radius 1 is 1.41 bits per heavy atom. The summed E-state index contributed by atoms with van der Waals surface area (Å²) in [7, 11) is 0. The molecule has 1 saturated heterocycles. The molecule has 2 atom stereocenters. The van der Waals surface area contributed by atoms with Gasteiger partial charge in [-0.15, -0.1) is 0 Å². The van der Waals surface area contributed by atoms with Crippen molar-refractivity contribution >= 4 is 17.5 Å². The number of hydrogen-bond acceptors (Lipinski definition) is 3. The molecule has 2 amide bonds. The van der Waals surface area contributed by atoms with Crippen molar-refractivity contribution in [2.75, 3.05) is 18.5 Å². The minimum atomic E-state index is -0.153. The number of aliphatic hydroxyl groups is 1. The zero-order valence-electron chi connectivity index (χ0n) is 13.4. The summed E-state index contributed by atoms with van der Waals surface area (Å²) in [6, 6.07) is 5.50. The van der Waals surface area contributed by atoms with Crippen LogP contribution in [-0.4, -0.2) is 41.0 Å². The lowest BCUT2D eigenvalue weighted by atomic mass is 9.91. The van der Waals surface area contributed by atoms with E-state index in [-0.39, 0.29) is 30.4 Å². The summed E-state index contributed by atoms with van der Waals surface area (Å²) < 4.78 is 0. The molecule has 5 heteroatoms. The number of carbonyl (C=O) groups excluding carboxylic acids is 2. The van der Waals surface area contributed by atoms with Gasteiger partial charge in [0.1, 0.15) is 0 Å². The molecule has 0 saturated carbocycles. The van der Waals surface area contributed by atoms with Crippen molar-refractivity contribution in [1.82, 2.24) is 4.90 Å². The molecule has 2 rings (SSSR count). The fourth-order valence-electron chi connectivity index (χ4n) is 3.03. The van der Waals surface area contributed by atoms with E-state index < -0.39 is 0 Å². The number of piperidine rings is 1. The first-order valence-corrected chi connectivity index (χ1v) is 7.72. The maximum Gasteiger partial charge on any atom is 0.254 e. The summed E-state index contributed by atoms with van der Waals surface area (Å²) in [6.45, 7) is 6.21. The number of aliphatic hydroxyl groups excluding tert-OH is 1. The Morgan fingerprint density at radius 2 is 2.14 bits per heavy atom. The van der Waals surface area contributed by atoms with Crippen LogP contribution >= 0.6 is 0 Å². The van der Waals surface area contributed by atoms with Crippen LogP contribution in [0.15, 0.2) is 18.2 Å². The van der Waals surface area contributed by atoms with Crippen molar-refractivity contribution in [1.29, 1.82) is 0 Å². The molecule has 22 heavy (non-hydrogen) atoms. The van der Waals surface area contributed by atoms with Gasteiger partial charge in [-0.2, -0.15) is 0 Å². The number of nitrogens with zero attached hydrogens (tertiary/aromatic N) is 1. The largest absolute Gasteiger partial charge is 0.396 e. The zero-order valence-corrected chi connectivity index (χ0v) is 13.4. The van der Waals surface area contributed by atoms with E-state index in [0.717, 1.165) is 18.4 Å². The molecular weight excluding hydrogens is 280 g/mol. The number of hydrogen-bond donors (Lipinski definition) is 2. The van der Waals surface area contributed by atoms with Crippen LogP contribution in [0.2, 0.25) is 0 Å². The molecule has 5 nitrogen and oxygen atoms in total. The third-order valence-corrected chi connectivity index (χ3v) is 4.29. The number of likely N-dealkylation sites (tertiary alicyclic amines) is 1. The van der Waals surface area contributed by atoms with Crippen molar-refractivity contribution in [3.63, 3.8) is 0 Å². The van der Waals surface area contributed by atoms with Gasteiger partial charge in [0, 0.05) is 37.4 Å². The number of anilines is 1. The zero-order chi connectivity index (χ0) is 16.3. The topological polar surface area (TPSA) is 69.6 Å². The second-order valence-electron chi connectivity index (χ2n) is 6.13. The number of aryl methyl sites for hydroxylation is 1. The average molecular weight is 304 g/mol. The van der Waals surface area contributed by atoms with Crippen molar-refractivity contribution in [2.24, 2.45) is 5.92 Å². The van der Waals surface area contributed by atoms with Gasteiger partial charge in [-0.05, 0) is 50.3 Å². The van der Waals surface area contributed by atoms with Crippen LogP contribution in [0.3, 0.4) is 0 Å². The Bertz CT molecular complexity index is 571. The first-order chi connectivity index (χ1) is 10.4. The molecule has 0 spiro atoms. The lowest BCUT2D eigenvalue weighted by Gasteiger charge is -2.37. The third kappa shape index (κ3) is 3.65. The van der Waals surface area contributed by atoms with Gasteiger partial charge in [-0.25, -0.2) is 0 Å². The number of amides is 2. The van der Waals surface area contributed by atoms with E-state index in [1.807, 2.05) is 24.8 Å². The number of benzene rings is 1. The molecule has 1 aliphatic heterocycles. The van der Waals surface area contributed by atoms with Crippen molar-refractivity contribution in [3.8, 4) is 0 Å². The second kappa shape index (κ2) is 6.92. The Kier molecular flexibility index (Phi) is 5.19. The van der Waals surface area contributed by atoms with E-state index in [9.17, 15) is 14.7 Å². The van der Waals surface area contributed by atoms with Gasteiger partial charge in [0.2, 0.25) is 5.91 Å². The summed E-state index contributed by atoms with van der Waals surface area (Å²) >= 11 is 0. The van der Waals surface area contributed by atoms with Gasteiger partial charge in [0.25, 0.3) is 5.91 Å². The minimum Gasteiger partial charge on any atom is -0.396 e. The predicted octanol–water partition coefficient (Wildman–Crippen LogP) is 2.19. The van der Waals surface area contributed by atoms with E-state index >= 15 is 0 Å². The Hall–Kier alpha value is -1.88. The van der Waals surface area contributed by atoms with Crippen LogP contribution < -0.4 is 5.32 Å². The van der Waals surface area contributed by atoms with Gasteiger partial charge in [-0.3, -0.25) is 9.59 Å². The maximum absolute atomic E-state index is 12.8. The highest BCUT2D eigenvalue weighted by molar-refractivity contribution is 5.98. The van der Waals surface area contributed by atoms with Gasteiger partial charge in [-0.1, -0.05) is 6.07 Å². The molecule has 1 aromatic rings. The van der Waals surface area contributed by atoms with Crippen LogP contribution in [0.25, 0.3) is 0 Å². The van der Waals surface area contributed by atoms with E-state index in [0.29, 0.717) is 17.8 Å². The van der Waals surface area contributed by atoms with Crippen LogP contribution in [0, 0.1) is 12.8 Å². The van der Waals surface area contributed by atoms with Crippen LogP contribution in [-0.2, 0) is 4.79 Å². The molecule has 2 N–H and O–H groups in total. The second-order valence-corrected chi connectivity index (χ2v) is 6.13. The van der Waals surface area contributed by atoms with Gasteiger partial charge in [0.15, 0.2) is 0 Å². The van der Waals surface area contributed by atoms with Gasteiger partial charge >= 0.3 is 0 Å². The molecule has 1 aliphatic rings. The SMILES string of the molecule is CC(=O)Nc1ccc(C)c(C(=O)N2CC[C@H](CO)C[C@@H]2C)c1. The number of rotatable bonds is 3. The third-order valence-electron chi connectivity index (χ3n) is 4.29. The first-order valence-electron chi connectivity index (χ1n) is 7.72. The highest BCUT2D eigenvalue weighted by Gasteiger charge is 2.29. The summed E-state index contributed by atoms with van der Waals surface area (Å²) in [6.07, 6.45) is 1.66. The van der Waals surface area contributed by atoms with Gasteiger partial charge in [0.05, 0.1) is 0 Å². The molecule has 0 aromatic heterocycles. The van der Waals surface area contributed by atoms with Crippen molar-refractivity contribution in [2.45, 2.75) is 39.7 Å². The highest BCUT2D eigenvalue weighted by Crippen LogP contribution is 2.26. The molecule has 1 heterocycles. The molecule has 0 radical (unpaired) electrons.